The summed E-state index contributed by atoms with van der Waals surface area (Å²) in [6, 6.07) is 6.79. The fourth-order valence-electron chi connectivity index (χ4n) is 2.70. The Morgan fingerprint density at radius 1 is 1.15 bits per heavy atom. The Morgan fingerprint density at radius 3 is 2.37 bits per heavy atom. The van der Waals surface area contributed by atoms with E-state index in [0.29, 0.717) is 24.6 Å². The van der Waals surface area contributed by atoms with E-state index >= 15 is 0 Å². The number of hydrogen-bond acceptors (Lipinski definition) is 5. The summed E-state index contributed by atoms with van der Waals surface area (Å²) in [4.78, 5) is 2.38. The molecule has 8 heteroatoms. The van der Waals surface area contributed by atoms with Gasteiger partial charge in [-0.1, -0.05) is 12.1 Å². The van der Waals surface area contributed by atoms with Gasteiger partial charge in [0.15, 0.2) is 0 Å². The number of sulfonamides is 1. The van der Waals surface area contributed by atoms with Crippen LogP contribution < -0.4 is 4.72 Å². The Morgan fingerprint density at radius 2 is 1.81 bits per heavy atom. The van der Waals surface area contributed by atoms with E-state index in [4.69, 9.17) is 4.74 Å². The number of hydrogen-bond donors (Lipinski definition) is 1. The van der Waals surface area contributed by atoms with Gasteiger partial charge in [0.05, 0.1) is 28.6 Å². The molecule has 27 heavy (non-hydrogen) atoms. The van der Waals surface area contributed by atoms with Crippen molar-refractivity contribution in [1.29, 1.82) is 0 Å². The summed E-state index contributed by atoms with van der Waals surface area (Å²) in [6.45, 7) is 5.85. The number of nitrogens with zero attached hydrogens (tertiary/aromatic N) is 3. The van der Waals surface area contributed by atoms with Crippen molar-refractivity contribution in [2.45, 2.75) is 38.2 Å². The van der Waals surface area contributed by atoms with Crippen molar-refractivity contribution < 1.29 is 13.2 Å². The Hall–Kier alpha value is -1.90. The predicted molar refractivity (Wildman–Crippen MR) is 107 cm³/mol. The third-order valence-electron chi connectivity index (χ3n) is 4.39. The second-order valence-electron chi connectivity index (χ2n) is 6.98. The molecule has 7 nitrogen and oxygen atoms in total. The first-order chi connectivity index (χ1) is 12.7. The summed E-state index contributed by atoms with van der Waals surface area (Å²) < 4.78 is 35.2. The smallest absolute Gasteiger partial charge is 0.262 e. The zero-order valence-corrected chi connectivity index (χ0v) is 17.6. The predicted octanol–water partition coefficient (Wildman–Crippen LogP) is 2.70. The van der Waals surface area contributed by atoms with Gasteiger partial charge in [-0.3, -0.25) is 9.40 Å². The van der Waals surface area contributed by atoms with E-state index in [1.54, 1.807) is 42.9 Å². The molecule has 1 aromatic heterocycles. The van der Waals surface area contributed by atoms with Gasteiger partial charge in [-0.2, -0.15) is 5.10 Å². The Labute approximate surface area is 162 Å². The van der Waals surface area contributed by atoms with Gasteiger partial charge in [-0.25, -0.2) is 8.42 Å². The van der Waals surface area contributed by atoms with Crippen molar-refractivity contribution in [3.63, 3.8) is 0 Å². The van der Waals surface area contributed by atoms with Crippen molar-refractivity contribution >= 4 is 15.7 Å². The van der Waals surface area contributed by atoms with Crippen LogP contribution in [-0.4, -0.2) is 50.3 Å². The highest BCUT2D eigenvalue weighted by Gasteiger charge is 2.19. The first-order valence-corrected chi connectivity index (χ1v) is 10.5. The molecule has 1 N–H and O–H groups in total. The van der Waals surface area contributed by atoms with Gasteiger partial charge in [-0.15, -0.1) is 0 Å². The number of unbranched alkanes of at least 4 members (excludes halogenated alkanes) is 1. The van der Waals surface area contributed by atoms with Gasteiger partial charge >= 0.3 is 0 Å². The second-order valence-corrected chi connectivity index (χ2v) is 8.66. The number of rotatable bonds is 10. The fraction of sp³-hybridized carbons (Fsp3) is 0.526. The van der Waals surface area contributed by atoms with Crippen LogP contribution in [0.2, 0.25) is 0 Å². The average molecular weight is 395 g/mol. The minimum Gasteiger partial charge on any atom is -0.377 e. The number of aromatic nitrogens is 2. The van der Waals surface area contributed by atoms with Crippen LogP contribution in [0.25, 0.3) is 0 Å². The largest absolute Gasteiger partial charge is 0.377 e. The topological polar surface area (TPSA) is 76.5 Å². The molecular formula is C19H30N4O3S. The summed E-state index contributed by atoms with van der Waals surface area (Å²) in [5, 5.41) is 4.24. The molecule has 2 aromatic rings. The van der Waals surface area contributed by atoms with Crippen molar-refractivity contribution in [2.24, 2.45) is 7.05 Å². The Balaban J connectivity index is 1.91. The molecule has 0 fully saturated rings. The van der Waals surface area contributed by atoms with E-state index < -0.39 is 10.0 Å². The summed E-state index contributed by atoms with van der Waals surface area (Å²) in [5.41, 5.74) is 2.91. The van der Waals surface area contributed by atoms with Gasteiger partial charge in [-0.05, 0) is 65.0 Å². The monoisotopic (exact) mass is 394 g/mol. The van der Waals surface area contributed by atoms with Crippen LogP contribution in [0.5, 0.6) is 0 Å². The normalized spacial score (nSPS) is 11.9. The zero-order chi connectivity index (χ0) is 20.0. The molecular weight excluding hydrogens is 364 g/mol. The van der Waals surface area contributed by atoms with Crippen molar-refractivity contribution in [3.8, 4) is 0 Å². The summed E-state index contributed by atoms with van der Waals surface area (Å²) in [5.74, 6) is 0. The molecule has 0 spiro atoms. The van der Waals surface area contributed by atoms with Gasteiger partial charge in [0.2, 0.25) is 0 Å². The van der Waals surface area contributed by atoms with E-state index in [0.717, 1.165) is 30.6 Å². The Bertz CT molecular complexity index is 843. The minimum absolute atomic E-state index is 0.222. The highest BCUT2D eigenvalue weighted by molar-refractivity contribution is 7.92. The van der Waals surface area contributed by atoms with Crippen molar-refractivity contribution in [2.75, 3.05) is 32.0 Å². The van der Waals surface area contributed by atoms with Gasteiger partial charge in [0.1, 0.15) is 0 Å². The maximum Gasteiger partial charge on any atom is 0.262 e. The van der Waals surface area contributed by atoms with Gasteiger partial charge in [0.25, 0.3) is 10.0 Å². The third kappa shape index (κ3) is 6.05. The second kappa shape index (κ2) is 9.34. The number of nitrogens with one attached hydrogen (secondary N) is 1. The average Bonchev–Trinajstić information content (AvgIpc) is 2.84. The van der Waals surface area contributed by atoms with Crippen LogP contribution in [-0.2, 0) is 28.4 Å². The van der Waals surface area contributed by atoms with Crippen LogP contribution in [0.3, 0.4) is 0 Å². The summed E-state index contributed by atoms with van der Waals surface area (Å²) >= 11 is 0. The molecule has 2 rings (SSSR count). The summed E-state index contributed by atoms with van der Waals surface area (Å²) in [7, 11) is 2.25. The van der Waals surface area contributed by atoms with Crippen LogP contribution in [0.15, 0.2) is 29.2 Å². The zero-order valence-electron chi connectivity index (χ0n) is 16.8. The van der Waals surface area contributed by atoms with Gasteiger partial charge in [0, 0.05) is 13.7 Å². The van der Waals surface area contributed by atoms with E-state index in [1.165, 1.54) is 0 Å². The van der Waals surface area contributed by atoms with Gasteiger partial charge < -0.3 is 9.64 Å². The van der Waals surface area contributed by atoms with E-state index in [2.05, 4.69) is 28.8 Å². The number of ether oxygens (including phenoxy) is 1. The number of aryl methyl sites for hydroxylation is 2. The minimum atomic E-state index is -3.65. The quantitative estimate of drug-likeness (QED) is 0.627. The first-order valence-electron chi connectivity index (χ1n) is 9.05. The fourth-order valence-corrected chi connectivity index (χ4v) is 3.88. The maximum absolute atomic E-state index is 12.6. The Kier molecular flexibility index (Phi) is 7.41. The van der Waals surface area contributed by atoms with E-state index in [-0.39, 0.29) is 4.90 Å². The number of benzene rings is 1. The van der Waals surface area contributed by atoms with Crippen LogP contribution in [0.1, 0.15) is 29.8 Å². The third-order valence-corrected chi connectivity index (χ3v) is 5.76. The molecule has 0 saturated heterocycles. The lowest BCUT2D eigenvalue weighted by atomic mass is 10.2. The lowest BCUT2D eigenvalue weighted by molar-refractivity contribution is 0.115. The van der Waals surface area contributed by atoms with Crippen LogP contribution in [0.4, 0.5) is 5.69 Å². The maximum atomic E-state index is 12.6. The van der Waals surface area contributed by atoms with Crippen molar-refractivity contribution in [3.05, 3.63) is 41.2 Å². The molecule has 0 aliphatic carbocycles. The highest BCUT2D eigenvalue weighted by atomic mass is 32.2. The molecule has 0 bridgehead atoms. The van der Waals surface area contributed by atoms with E-state index in [9.17, 15) is 8.42 Å². The molecule has 0 atom stereocenters. The lowest BCUT2D eigenvalue weighted by Gasteiger charge is -2.10. The molecule has 1 heterocycles. The molecule has 150 valence electrons. The lowest BCUT2D eigenvalue weighted by Crippen LogP contribution is -2.14. The summed E-state index contributed by atoms with van der Waals surface area (Å²) in [6.07, 6.45) is 2.11. The first kappa shape index (κ1) is 21.4. The molecule has 0 unspecified atom stereocenters. The number of anilines is 1. The van der Waals surface area contributed by atoms with Crippen LogP contribution >= 0.6 is 0 Å². The van der Waals surface area contributed by atoms with E-state index in [1.807, 2.05) is 6.92 Å². The molecule has 1 aromatic carbocycles. The molecule has 0 saturated carbocycles. The molecule has 0 radical (unpaired) electrons. The molecule has 0 aliphatic rings. The standard InChI is InChI=1S/C19H30N4O3S/c1-15-19(16(2)23(5)20-15)21-27(24,25)18-10-8-17(9-11-18)14-26-13-7-6-12-22(3)4/h8-11,21H,6-7,12-14H2,1-5H3. The van der Waals surface area contributed by atoms with Crippen LogP contribution in [0, 0.1) is 13.8 Å². The highest BCUT2D eigenvalue weighted by Crippen LogP contribution is 2.23. The van der Waals surface area contributed by atoms with Crippen molar-refractivity contribution in [1.82, 2.24) is 14.7 Å². The SMILES string of the molecule is Cc1nn(C)c(C)c1NS(=O)(=O)c1ccc(COCCCCN(C)C)cc1. The molecule has 0 aliphatic heterocycles. The molecule has 0 amide bonds.